The van der Waals surface area contributed by atoms with E-state index in [1.807, 2.05) is 0 Å². The zero-order valence-corrected chi connectivity index (χ0v) is 9.98. The van der Waals surface area contributed by atoms with Crippen LogP contribution in [-0.4, -0.2) is 26.4 Å². The van der Waals surface area contributed by atoms with Gasteiger partial charge in [-0.2, -0.15) is 13.2 Å². The molecule has 2 nitrogen and oxygen atoms in total. The molecule has 0 bridgehead atoms. The summed E-state index contributed by atoms with van der Waals surface area (Å²) in [6.45, 7) is -1.30. The van der Waals surface area contributed by atoms with Crippen molar-refractivity contribution in [3.05, 3.63) is 34.9 Å². The first kappa shape index (κ1) is 14.3. The molecule has 96 valence electrons. The second-order valence-corrected chi connectivity index (χ2v) is 3.96. The van der Waals surface area contributed by atoms with Crippen molar-refractivity contribution < 1.29 is 17.9 Å². The van der Waals surface area contributed by atoms with E-state index >= 15 is 0 Å². The molecule has 0 saturated carbocycles. The van der Waals surface area contributed by atoms with E-state index in [9.17, 15) is 13.2 Å². The Morgan fingerprint density at radius 2 is 2.12 bits per heavy atom. The van der Waals surface area contributed by atoms with Gasteiger partial charge in [0.2, 0.25) is 0 Å². The molecule has 0 heterocycles. The largest absolute Gasteiger partial charge is 0.411 e. The number of rotatable bonds is 5. The third-order valence-corrected chi connectivity index (χ3v) is 2.38. The first-order valence-electron chi connectivity index (χ1n) is 4.99. The van der Waals surface area contributed by atoms with Gasteiger partial charge in [0.05, 0.1) is 12.6 Å². The van der Waals surface area contributed by atoms with E-state index in [-0.39, 0.29) is 12.6 Å². The second kappa shape index (κ2) is 6.23. The van der Waals surface area contributed by atoms with Gasteiger partial charge in [0.1, 0.15) is 6.61 Å². The summed E-state index contributed by atoms with van der Waals surface area (Å²) in [4.78, 5) is 0. The van der Waals surface area contributed by atoms with Crippen LogP contribution in [0.15, 0.2) is 24.3 Å². The molecule has 1 rings (SSSR count). The fraction of sp³-hybridized carbons (Fsp3) is 0.455. The Bertz CT molecular complexity index is 357. The molecule has 0 saturated heterocycles. The molecule has 1 aromatic rings. The van der Waals surface area contributed by atoms with E-state index < -0.39 is 12.8 Å². The van der Waals surface area contributed by atoms with Crippen LogP contribution in [0.25, 0.3) is 0 Å². The van der Waals surface area contributed by atoms with Crippen LogP contribution in [0, 0.1) is 0 Å². The predicted octanol–water partition coefficient (Wildman–Crippen LogP) is 3.18. The molecule has 0 fully saturated rings. The Labute approximate surface area is 103 Å². The summed E-state index contributed by atoms with van der Waals surface area (Å²) in [5, 5.41) is 3.42. The van der Waals surface area contributed by atoms with Crippen molar-refractivity contribution in [3.8, 4) is 0 Å². The van der Waals surface area contributed by atoms with Crippen molar-refractivity contribution >= 4 is 11.6 Å². The zero-order valence-electron chi connectivity index (χ0n) is 9.22. The van der Waals surface area contributed by atoms with Crippen LogP contribution >= 0.6 is 11.6 Å². The number of likely N-dealkylation sites (N-methyl/N-ethyl adjacent to an activating group) is 1. The van der Waals surface area contributed by atoms with Crippen molar-refractivity contribution in [1.82, 2.24) is 5.32 Å². The van der Waals surface area contributed by atoms with Gasteiger partial charge in [-0.1, -0.05) is 23.7 Å². The van der Waals surface area contributed by atoms with Crippen molar-refractivity contribution in [2.75, 3.05) is 20.3 Å². The van der Waals surface area contributed by atoms with Gasteiger partial charge in [0.25, 0.3) is 0 Å². The molecule has 1 N–H and O–H groups in total. The quantitative estimate of drug-likeness (QED) is 0.885. The van der Waals surface area contributed by atoms with Gasteiger partial charge in [-0.05, 0) is 24.7 Å². The van der Waals surface area contributed by atoms with E-state index in [4.69, 9.17) is 11.6 Å². The highest BCUT2D eigenvalue weighted by Gasteiger charge is 2.27. The van der Waals surface area contributed by atoms with E-state index in [1.165, 1.54) is 0 Å². The fourth-order valence-electron chi connectivity index (χ4n) is 1.36. The fourth-order valence-corrected chi connectivity index (χ4v) is 1.56. The summed E-state index contributed by atoms with van der Waals surface area (Å²) in [6, 6.07) is 6.61. The summed E-state index contributed by atoms with van der Waals surface area (Å²) in [7, 11) is 1.66. The molecule has 0 radical (unpaired) electrons. The molecule has 0 aliphatic carbocycles. The molecule has 17 heavy (non-hydrogen) atoms. The van der Waals surface area contributed by atoms with Crippen molar-refractivity contribution in [2.45, 2.75) is 12.2 Å². The van der Waals surface area contributed by atoms with Crippen molar-refractivity contribution in [2.24, 2.45) is 0 Å². The summed E-state index contributed by atoms with van der Waals surface area (Å²) < 4.78 is 40.3. The molecule has 0 aliphatic heterocycles. The van der Waals surface area contributed by atoms with Gasteiger partial charge in [-0.15, -0.1) is 0 Å². The van der Waals surface area contributed by atoms with E-state index in [1.54, 1.807) is 31.3 Å². The lowest BCUT2D eigenvalue weighted by Crippen LogP contribution is -2.25. The maximum absolute atomic E-state index is 11.9. The lowest BCUT2D eigenvalue weighted by molar-refractivity contribution is -0.175. The molecule has 0 amide bonds. The Kier molecular flexibility index (Phi) is 5.24. The lowest BCUT2D eigenvalue weighted by Gasteiger charge is -2.17. The molecule has 0 aromatic heterocycles. The highest BCUT2D eigenvalue weighted by molar-refractivity contribution is 6.30. The van der Waals surface area contributed by atoms with Crippen LogP contribution < -0.4 is 5.32 Å². The van der Waals surface area contributed by atoms with Crippen LogP contribution in [0.3, 0.4) is 0 Å². The van der Waals surface area contributed by atoms with Gasteiger partial charge < -0.3 is 10.1 Å². The number of ether oxygens (including phenoxy) is 1. The first-order valence-corrected chi connectivity index (χ1v) is 5.37. The summed E-state index contributed by atoms with van der Waals surface area (Å²) in [5.74, 6) is 0. The third kappa shape index (κ3) is 5.39. The number of nitrogens with one attached hydrogen (secondary N) is 1. The SMILES string of the molecule is CNC(COCC(F)(F)F)c1cccc(Cl)c1. The molecule has 1 unspecified atom stereocenters. The Morgan fingerprint density at radius 1 is 1.41 bits per heavy atom. The Hall–Kier alpha value is -0.780. The summed E-state index contributed by atoms with van der Waals surface area (Å²) in [5.41, 5.74) is 0.794. The van der Waals surface area contributed by atoms with E-state index in [0.29, 0.717) is 5.02 Å². The first-order chi connectivity index (χ1) is 7.92. The number of hydrogen-bond donors (Lipinski definition) is 1. The topological polar surface area (TPSA) is 21.3 Å². The molecule has 1 atom stereocenters. The molecular formula is C11H13ClF3NO. The summed E-state index contributed by atoms with van der Waals surface area (Å²) >= 11 is 5.80. The smallest absolute Gasteiger partial charge is 0.370 e. The van der Waals surface area contributed by atoms with Crippen molar-refractivity contribution in [1.29, 1.82) is 0 Å². The minimum absolute atomic E-state index is 0.0592. The van der Waals surface area contributed by atoms with E-state index in [0.717, 1.165) is 5.56 Å². The maximum atomic E-state index is 11.9. The van der Waals surface area contributed by atoms with Crippen LogP contribution in [-0.2, 0) is 4.74 Å². The highest BCUT2D eigenvalue weighted by atomic mass is 35.5. The maximum Gasteiger partial charge on any atom is 0.411 e. The van der Waals surface area contributed by atoms with Crippen LogP contribution in [0.2, 0.25) is 5.02 Å². The minimum atomic E-state index is -4.30. The standard InChI is InChI=1S/C11H13ClF3NO/c1-16-10(6-17-7-11(13,14)15)8-3-2-4-9(12)5-8/h2-5,10,16H,6-7H2,1H3. The number of alkyl halides is 3. The molecule has 0 aliphatic rings. The third-order valence-electron chi connectivity index (χ3n) is 2.15. The van der Waals surface area contributed by atoms with Gasteiger partial charge in [-0.25, -0.2) is 0 Å². The van der Waals surface area contributed by atoms with Gasteiger partial charge in [0, 0.05) is 5.02 Å². The van der Waals surface area contributed by atoms with Gasteiger partial charge >= 0.3 is 6.18 Å². The van der Waals surface area contributed by atoms with Crippen LogP contribution in [0.1, 0.15) is 11.6 Å². The van der Waals surface area contributed by atoms with Gasteiger partial charge in [0.15, 0.2) is 0 Å². The Balaban J connectivity index is 2.54. The average Bonchev–Trinajstić information content (AvgIpc) is 2.23. The van der Waals surface area contributed by atoms with Crippen molar-refractivity contribution in [3.63, 3.8) is 0 Å². The molecule has 0 spiro atoms. The minimum Gasteiger partial charge on any atom is -0.370 e. The normalized spacial score (nSPS) is 13.7. The molecule has 6 heteroatoms. The number of halogens is 4. The number of benzene rings is 1. The lowest BCUT2D eigenvalue weighted by atomic mass is 10.1. The van der Waals surface area contributed by atoms with Crippen LogP contribution in [0.5, 0.6) is 0 Å². The zero-order chi connectivity index (χ0) is 12.9. The van der Waals surface area contributed by atoms with Crippen LogP contribution in [0.4, 0.5) is 13.2 Å². The average molecular weight is 268 g/mol. The Morgan fingerprint density at radius 3 is 2.65 bits per heavy atom. The molecule has 1 aromatic carbocycles. The predicted molar refractivity (Wildman–Crippen MR) is 60.1 cm³/mol. The summed E-state index contributed by atoms with van der Waals surface area (Å²) in [6.07, 6.45) is -4.30. The van der Waals surface area contributed by atoms with Gasteiger partial charge in [-0.3, -0.25) is 0 Å². The highest BCUT2D eigenvalue weighted by Crippen LogP contribution is 2.19. The van der Waals surface area contributed by atoms with E-state index in [2.05, 4.69) is 10.1 Å². The second-order valence-electron chi connectivity index (χ2n) is 3.53. The molecular weight excluding hydrogens is 255 g/mol. The number of hydrogen-bond acceptors (Lipinski definition) is 2. The monoisotopic (exact) mass is 267 g/mol.